The maximum atomic E-state index is 13.3. The second kappa shape index (κ2) is 46.1. The van der Waals surface area contributed by atoms with Gasteiger partial charge in [0.15, 0.2) is 0 Å². The molecule has 1 amide bonds. The quantitative estimate of drug-likeness (QED) is 0.0555. The van der Waals surface area contributed by atoms with Crippen molar-refractivity contribution in [2.75, 3.05) is 167 Å². The average molecular weight is 1780 g/mol. The van der Waals surface area contributed by atoms with Gasteiger partial charge in [0, 0.05) is 177 Å². The third-order valence-electron chi connectivity index (χ3n) is 30.4. The van der Waals surface area contributed by atoms with Crippen LogP contribution in [0.5, 0.6) is 17.2 Å². The van der Waals surface area contributed by atoms with E-state index in [1.165, 1.54) is 169 Å². The Balaban J connectivity index is 0.000000123. The standard InChI is InChI=1S/C30H35N3O3.C29H35N3O.C28H38N2O3.C26H34N2O2/c1-35-21-28-30(24-10-8-23(9-11-24)25-6-5-7-26(19-25)36-2)27-20-32(16-3-4-17-33(27)28)29(34)18-22-12-14-31-15-13-22;1-22-7-5-9-26(17-22)24-10-12-25(13-11-24)29-27-20-31(19-23-8-6-14-30-18-23)15-3-4-16-32(27)28(29)21-33-2;1-32-25-6-4-5-24(17-25)22-7-9-23(10-8-22)28-26-19-29(18-21-11-15-33-16-12-21)13-2-3-14-30(26)27(28)20-31;1-30-23-6-4-5-22(15-23)20-9-11-21(12-10-20)26-24-17-27(16-19-7-8-19)13-2-3-14-28(24)25(26)18-29/h5-15,19,27-28,30H,3-4,16-18,20-21H2,1-2H3;5-14,17-18,27-29H,3-4,15-16,19-21H2,1-2H3;4-10,17,21,26-28,31H,2-3,11-16,18-20H2,1H3;4-6,9-12,15,19,24-26,29H,2-3,7-8,13-14,16-18H2,1H3/t27-,28+,30-;27-,28-,29-;26-,27+,28-;24-,25+,26-/m0100/s1. The Kier molecular flexibility index (Phi) is 32.9. The number of hydrogen-bond acceptors (Lipinski definition) is 18. The monoisotopic (exact) mass is 1780 g/mol. The number of pyridine rings is 2. The topological polar surface area (TPSA) is 165 Å². The first-order chi connectivity index (χ1) is 64.9. The van der Waals surface area contributed by atoms with Gasteiger partial charge in [0.1, 0.15) is 17.2 Å². The first-order valence-corrected chi connectivity index (χ1v) is 49.4. The second-order valence-corrected chi connectivity index (χ2v) is 38.7. The van der Waals surface area contributed by atoms with E-state index in [0.29, 0.717) is 73.0 Å². The number of hydrogen-bond donors (Lipinski definition) is 2. The summed E-state index contributed by atoms with van der Waals surface area (Å²) < 4.78 is 33.1. The van der Waals surface area contributed by atoms with Crippen molar-refractivity contribution in [3.05, 3.63) is 282 Å². The third-order valence-corrected chi connectivity index (χ3v) is 30.4. The normalized spacial score (nSPS) is 25.1. The zero-order valence-corrected chi connectivity index (χ0v) is 78.9. The number of carbonyl (C=O) groups excluding carboxylic acids is 1. The van der Waals surface area contributed by atoms with Crippen molar-refractivity contribution in [1.82, 2.24) is 49.2 Å². The molecule has 9 aliphatic heterocycles. The van der Waals surface area contributed by atoms with Gasteiger partial charge in [0.25, 0.3) is 0 Å². The number of ether oxygens (including phenoxy) is 6. The van der Waals surface area contributed by atoms with Crippen molar-refractivity contribution in [3.8, 4) is 61.8 Å². The fraction of sp³-hybridized carbons (Fsp3) is 0.478. The molecule has 11 heterocycles. The lowest BCUT2D eigenvalue weighted by Crippen LogP contribution is -2.68. The second-order valence-electron chi connectivity index (χ2n) is 38.7. The molecule has 2 aromatic heterocycles. The fourth-order valence-corrected chi connectivity index (χ4v) is 23.3. The number of fused-ring (bicyclic) bond motifs is 4. The highest BCUT2D eigenvalue weighted by Gasteiger charge is 2.54. The number of nitrogens with zero attached hydrogens (tertiary/aromatic N) is 10. The first-order valence-electron chi connectivity index (χ1n) is 49.4. The summed E-state index contributed by atoms with van der Waals surface area (Å²) in [5, 5.41) is 20.4. The number of carbonyl (C=O) groups is 1. The van der Waals surface area contributed by atoms with Gasteiger partial charge in [-0.2, -0.15) is 0 Å². The van der Waals surface area contributed by atoms with Gasteiger partial charge in [0.2, 0.25) is 5.91 Å². The number of aliphatic hydroxyl groups excluding tert-OH is 2. The van der Waals surface area contributed by atoms with Crippen LogP contribution < -0.4 is 14.2 Å². The van der Waals surface area contributed by atoms with Crippen molar-refractivity contribution < 1.29 is 43.4 Å². The zero-order chi connectivity index (χ0) is 90.7. The molecule has 0 bridgehead atoms. The lowest BCUT2D eigenvalue weighted by atomic mass is 9.74. The van der Waals surface area contributed by atoms with E-state index in [4.69, 9.17) is 28.4 Å². The van der Waals surface area contributed by atoms with Crippen LogP contribution in [-0.4, -0.2) is 280 Å². The van der Waals surface area contributed by atoms with Crippen molar-refractivity contribution in [1.29, 1.82) is 0 Å². The molecule has 1 aliphatic carbocycles. The van der Waals surface area contributed by atoms with Gasteiger partial charge in [-0.1, -0.05) is 169 Å². The molecule has 0 radical (unpaired) electrons. The van der Waals surface area contributed by atoms with Gasteiger partial charge in [-0.05, 0) is 274 Å². The molecule has 2 N–H and O–H groups in total. The fourth-order valence-electron chi connectivity index (χ4n) is 23.3. The highest BCUT2D eigenvalue weighted by atomic mass is 16.5. The summed E-state index contributed by atoms with van der Waals surface area (Å²) in [4.78, 5) is 42.2. The van der Waals surface area contributed by atoms with Gasteiger partial charge in [-0.3, -0.25) is 39.3 Å². The summed E-state index contributed by atoms with van der Waals surface area (Å²) in [6.07, 6.45) is 22.7. The van der Waals surface area contributed by atoms with E-state index in [2.05, 4.69) is 220 Å². The van der Waals surface area contributed by atoms with Crippen LogP contribution >= 0.6 is 0 Å². The van der Waals surface area contributed by atoms with E-state index in [9.17, 15) is 15.0 Å². The Morgan fingerprint density at radius 2 is 0.750 bits per heavy atom. The molecule has 132 heavy (non-hydrogen) atoms. The van der Waals surface area contributed by atoms with Crippen molar-refractivity contribution in [3.63, 3.8) is 0 Å². The molecule has 19 nitrogen and oxygen atoms in total. The van der Waals surface area contributed by atoms with Crippen LogP contribution in [0.3, 0.4) is 0 Å². The summed E-state index contributed by atoms with van der Waals surface area (Å²) >= 11 is 0. The van der Waals surface area contributed by atoms with Crippen LogP contribution in [0.25, 0.3) is 44.5 Å². The number of aryl methyl sites for hydroxylation is 1. The maximum Gasteiger partial charge on any atom is 0.227 e. The molecule has 10 fully saturated rings. The Morgan fingerprint density at radius 3 is 1.15 bits per heavy atom. The number of amides is 1. The average Bonchev–Trinajstić information content (AvgIpc) is 0.951. The van der Waals surface area contributed by atoms with E-state index < -0.39 is 0 Å². The van der Waals surface area contributed by atoms with Crippen molar-refractivity contribution >= 4 is 5.91 Å². The van der Waals surface area contributed by atoms with Crippen molar-refractivity contribution in [2.45, 2.75) is 169 Å². The first kappa shape index (κ1) is 94.2. The third kappa shape index (κ3) is 23.0. The molecule has 20 rings (SSSR count). The number of benzene rings is 8. The molecule has 10 aliphatic rings. The van der Waals surface area contributed by atoms with E-state index in [-0.39, 0.29) is 31.2 Å². The lowest BCUT2D eigenvalue weighted by Gasteiger charge is -2.57. The summed E-state index contributed by atoms with van der Waals surface area (Å²) in [5.41, 5.74) is 18.8. The van der Waals surface area contributed by atoms with E-state index in [1.807, 2.05) is 74.1 Å². The number of aliphatic hydroxyl groups is 2. The minimum absolute atomic E-state index is 0.199. The SMILES string of the molecule is COC[C@@H]1[C@@H](c2ccc(-c3cccc(OC)c3)cc2)[C@@H]2CN(C(=O)Cc3ccncc3)CCCCN12.COC[C@@H]1[C@H](c2ccc(-c3cccc(C)c3)cc2)[C@H]2CN(Cc3cccnc3)CCCCN12.COc1cccc(-c2ccc([C@@H]3[C@@H](CO)N4CCCCN(CC5CC5)C[C@@H]34)cc2)c1.COc1cccc(-c2ccc([C@@H]3[C@@H](CO)N4CCCCN(CC5CCOCC5)C[C@@H]34)cc2)c1. The molecule has 698 valence electrons. The Hall–Kier alpha value is -9.55. The zero-order valence-electron chi connectivity index (χ0n) is 78.9. The van der Waals surface area contributed by atoms with Crippen LogP contribution in [-0.2, 0) is 32.0 Å². The molecule has 8 aromatic carbocycles. The molecule has 10 aromatic rings. The predicted octanol–water partition coefficient (Wildman–Crippen LogP) is 17.6. The van der Waals surface area contributed by atoms with Gasteiger partial charge >= 0.3 is 0 Å². The number of methoxy groups -OCH3 is 5. The van der Waals surface area contributed by atoms with Crippen LogP contribution in [0.4, 0.5) is 0 Å². The molecule has 19 heteroatoms. The molecule has 0 spiro atoms. The highest BCUT2D eigenvalue weighted by molar-refractivity contribution is 5.79. The van der Waals surface area contributed by atoms with Crippen LogP contribution in [0, 0.1) is 18.8 Å². The van der Waals surface area contributed by atoms with Gasteiger partial charge in [0.05, 0.1) is 54.2 Å². The molecule has 1 saturated carbocycles. The Morgan fingerprint density at radius 1 is 0.371 bits per heavy atom. The van der Waals surface area contributed by atoms with Gasteiger partial charge in [-0.25, -0.2) is 0 Å². The van der Waals surface area contributed by atoms with Gasteiger partial charge < -0.3 is 53.3 Å². The summed E-state index contributed by atoms with van der Waals surface area (Å²) in [6, 6.07) is 80.9. The lowest BCUT2D eigenvalue weighted by molar-refractivity contribution is -0.136. The van der Waals surface area contributed by atoms with E-state index >= 15 is 0 Å². The molecular formula is C113H142N10O9. The van der Waals surface area contributed by atoms with Crippen molar-refractivity contribution in [2.24, 2.45) is 11.8 Å². The smallest absolute Gasteiger partial charge is 0.227 e. The largest absolute Gasteiger partial charge is 0.497 e. The minimum atomic E-state index is 0.199. The van der Waals surface area contributed by atoms with E-state index in [0.717, 1.165) is 138 Å². The number of aromatic nitrogens is 2. The minimum Gasteiger partial charge on any atom is -0.497 e. The van der Waals surface area contributed by atoms with Crippen LogP contribution in [0.15, 0.2) is 243 Å². The Bertz CT molecular complexity index is 5220. The van der Waals surface area contributed by atoms with Crippen LogP contribution in [0.2, 0.25) is 0 Å². The predicted molar refractivity (Wildman–Crippen MR) is 528 cm³/mol. The van der Waals surface area contributed by atoms with Crippen LogP contribution in [0.1, 0.15) is 140 Å². The van der Waals surface area contributed by atoms with Gasteiger partial charge in [-0.15, -0.1) is 0 Å². The molecule has 0 unspecified atom stereocenters. The van der Waals surface area contributed by atoms with E-state index in [1.54, 1.807) is 40.8 Å². The summed E-state index contributed by atoms with van der Waals surface area (Å²) in [7, 11) is 8.73. The Labute approximate surface area is 785 Å². The molecule has 12 atom stereocenters. The number of rotatable bonds is 25. The maximum absolute atomic E-state index is 13.3. The summed E-state index contributed by atoms with van der Waals surface area (Å²) in [6.45, 7) is 22.4. The summed E-state index contributed by atoms with van der Waals surface area (Å²) in [5.74, 6) is 6.18. The molecular weight excluding hydrogens is 1640 g/mol. The highest BCUT2D eigenvalue weighted by Crippen LogP contribution is 2.48. The molecule has 9 saturated heterocycles.